The van der Waals surface area contributed by atoms with Crippen LogP contribution in [-0.2, 0) is 23.0 Å². The predicted molar refractivity (Wildman–Crippen MR) is 121 cm³/mol. The van der Waals surface area contributed by atoms with Gasteiger partial charge in [0.1, 0.15) is 5.69 Å². The van der Waals surface area contributed by atoms with E-state index in [-0.39, 0.29) is 17.8 Å². The molecule has 1 fully saturated rings. The number of piperidine rings is 1. The number of benzene rings is 1. The molecule has 1 atom stereocenters. The average molecular weight is 426 g/mol. The minimum Gasteiger partial charge on any atom is -0.466 e. The first-order valence-corrected chi connectivity index (χ1v) is 11.4. The quantitative estimate of drug-likeness (QED) is 0.590. The molecule has 2 aromatic rings. The summed E-state index contributed by atoms with van der Waals surface area (Å²) in [6, 6.07) is 12.2. The van der Waals surface area contributed by atoms with Crippen molar-refractivity contribution in [2.75, 3.05) is 19.7 Å². The highest BCUT2D eigenvalue weighted by molar-refractivity contribution is 5.93. The first-order chi connectivity index (χ1) is 14.9. The molecule has 1 aromatic carbocycles. The second-order valence-corrected chi connectivity index (χ2v) is 8.90. The molecule has 3 rings (SSSR count). The Balaban J connectivity index is 1.76. The maximum Gasteiger partial charge on any atom is 0.313 e. The lowest BCUT2D eigenvalue weighted by Gasteiger charge is -2.41. The second kappa shape index (κ2) is 10.1. The summed E-state index contributed by atoms with van der Waals surface area (Å²) in [6.07, 6.45) is 4.06. The lowest BCUT2D eigenvalue weighted by molar-refractivity contribution is -0.159. The number of carbonyl (C=O) groups excluding carboxylic acids is 2. The van der Waals surface area contributed by atoms with Gasteiger partial charge in [0.15, 0.2) is 0 Å². The third-order valence-electron chi connectivity index (χ3n) is 6.25. The smallest absolute Gasteiger partial charge is 0.313 e. The summed E-state index contributed by atoms with van der Waals surface area (Å²) in [5.74, 6) is 0.0254. The van der Waals surface area contributed by atoms with Crippen LogP contribution >= 0.6 is 0 Å². The van der Waals surface area contributed by atoms with Gasteiger partial charge in [-0.2, -0.15) is 5.10 Å². The van der Waals surface area contributed by atoms with Crippen LogP contribution in [-0.4, -0.2) is 46.3 Å². The standard InChI is InChI=1S/C25H35N3O3/c1-5-31-24(30)25(14-9-13-20-11-7-6-8-12-20)15-10-16-28(18-25)23(29)22-17-21(19(2)3)26-27(22)4/h6-8,11-12,17,19H,5,9-10,13-16,18H2,1-4H3/t25-/m1/s1. The van der Waals surface area contributed by atoms with Crippen molar-refractivity contribution in [3.05, 3.63) is 53.3 Å². The van der Waals surface area contributed by atoms with Gasteiger partial charge in [-0.25, -0.2) is 0 Å². The van der Waals surface area contributed by atoms with Crippen molar-refractivity contribution in [2.24, 2.45) is 12.5 Å². The summed E-state index contributed by atoms with van der Waals surface area (Å²) >= 11 is 0. The van der Waals surface area contributed by atoms with Gasteiger partial charge in [0, 0.05) is 20.1 Å². The molecule has 0 saturated carbocycles. The van der Waals surface area contributed by atoms with Crippen LogP contribution in [0.1, 0.15) is 74.1 Å². The normalized spacial score (nSPS) is 18.9. The number of aromatic nitrogens is 2. The van der Waals surface area contributed by atoms with E-state index in [1.165, 1.54) is 5.56 Å². The zero-order chi connectivity index (χ0) is 22.4. The van der Waals surface area contributed by atoms with Gasteiger partial charge >= 0.3 is 5.97 Å². The summed E-state index contributed by atoms with van der Waals surface area (Å²) in [4.78, 5) is 28.2. The Kier molecular flexibility index (Phi) is 7.52. The highest BCUT2D eigenvalue weighted by Crippen LogP contribution is 2.37. The Labute approximate surface area is 185 Å². The minimum atomic E-state index is -0.641. The number of rotatable bonds is 8. The van der Waals surface area contributed by atoms with E-state index in [1.807, 2.05) is 43.1 Å². The number of esters is 1. The number of hydrogen-bond donors (Lipinski definition) is 0. The van der Waals surface area contributed by atoms with E-state index in [0.717, 1.165) is 31.4 Å². The lowest BCUT2D eigenvalue weighted by Crippen LogP contribution is -2.50. The van der Waals surface area contributed by atoms with E-state index >= 15 is 0 Å². The Hall–Kier alpha value is -2.63. The van der Waals surface area contributed by atoms with E-state index in [4.69, 9.17) is 4.74 Å². The zero-order valence-corrected chi connectivity index (χ0v) is 19.3. The summed E-state index contributed by atoms with van der Waals surface area (Å²) in [5.41, 5.74) is 2.11. The van der Waals surface area contributed by atoms with Crippen molar-refractivity contribution in [1.82, 2.24) is 14.7 Å². The summed E-state index contributed by atoms with van der Waals surface area (Å²) in [6.45, 7) is 7.38. The molecule has 0 N–H and O–H groups in total. The van der Waals surface area contributed by atoms with E-state index in [1.54, 1.807) is 4.68 Å². The molecule has 1 aliphatic heterocycles. The molecule has 0 aliphatic carbocycles. The number of aryl methyl sites for hydroxylation is 2. The fourth-order valence-corrected chi connectivity index (χ4v) is 4.47. The van der Waals surface area contributed by atoms with Crippen LogP contribution in [0.3, 0.4) is 0 Å². The van der Waals surface area contributed by atoms with Gasteiger partial charge in [0.25, 0.3) is 5.91 Å². The van der Waals surface area contributed by atoms with Crippen LogP contribution in [0.15, 0.2) is 36.4 Å². The van der Waals surface area contributed by atoms with Crippen molar-refractivity contribution in [3.8, 4) is 0 Å². The molecule has 2 heterocycles. The van der Waals surface area contributed by atoms with Gasteiger partial charge < -0.3 is 9.64 Å². The summed E-state index contributed by atoms with van der Waals surface area (Å²) < 4.78 is 7.15. The van der Waals surface area contributed by atoms with Gasteiger partial charge in [-0.3, -0.25) is 14.3 Å². The molecule has 0 unspecified atom stereocenters. The van der Waals surface area contributed by atoms with E-state index in [2.05, 4.69) is 31.1 Å². The molecular formula is C25H35N3O3. The zero-order valence-electron chi connectivity index (χ0n) is 19.3. The molecule has 0 spiro atoms. The van der Waals surface area contributed by atoms with Crippen molar-refractivity contribution < 1.29 is 14.3 Å². The highest BCUT2D eigenvalue weighted by atomic mass is 16.5. The first kappa shape index (κ1) is 23.0. The average Bonchev–Trinajstić information content (AvgIpc) is 3.16. The Morgan fingerprint density at radius 1 is 1.23 bits per heavy atom. The third kappa shape index (κ3) is 5.35. The van der Waals surface area contributed by atoms with E-state index < -0.39 is 5.41 Å². The van der Waals surface area contributed by atoms with Crippen molar-refractivity contribution >= 4 is 11.9 Å². The molecule has 31 heavy (non-hydrogen) atoms. The van der Waals surface area contributed by atoms with Gasteiger partial charge in [-0.15, -0.1) is 0 Å². The van der Waals surface area contributed by atoms with Gasteiger partial charge in [-0.05, 0) is 56.6 Å². The molecule has 6 nitrogen and oxygen atoms in total. The predicted octanol–water partition coefficient (Wildman–Crippen LogP) is 4.35. The van der Waals surface area contributed by atoms with E-state index in [9.17, 15) is 9.59 Å². The van der Waals surface area contributed by atoms with Crippen LogP contribution in [0.5, 0.6) is 0 Å². The molecule has 0 radical (unpaired) electrons. The fourth-order valence-electron chi connectivity index (χ4n) is 4.47. The number of nitrogens with zero attached hydrogens (tertiary/aromatic N) is 3. The molecule has 1 aliphatic rings. The number of likely N-dealkylation sites (tertiary alicyclic amines) is 1. The van der Waals surface area contributed by atoms with Crippen LogP contribution < -0.4 is 0 Å². The van der Waals surface area contributed by atoms with Gasteiger partial charge in [0.2, 0.25) is 0 Å². The Morgan fingerprint density at radius 2 is 1.97 bits per heavy atom. The maximum absolute atomic E-state index is 13.3. The SMILES string of the molecule is CCOC(=O)[C@]1(CCCc2ccccc2)CCCN(C(=O)c2cc(C(C)C)nn2C)C1. The van der Waals surface area contributed by atoms with E-state index in [0.29, 0.717) is 31.8 Å². The van der Waals surface area contributed by atoms with Crippen LogP contribution in [0.2, 0.25) is 0 Å². The number of amides is 1. The molecule has 1 aromatic heterocycles. The lowest BCUT2D eigenvalue weighted by atomic mass is 9.75. The Morgan fingerprint density at radius 3 is 2.61 bits per heavy atom. The molecule has 6 heteroatoms. The third-order valence-corrected chi connectivity index (χ3v) is 6.25. The van der Waals surface area contributed by atoms with Gasteiger partial charge in [0.05, 0.1) is 17.7 Å². The summed E-state index contributed by atoms with van der Waals surface area (Å²) in [5, 5.41) is 4.49. The van der Waals surface area contributed by atoms with Crippen LogP contribution in [0.25, 0.3) is 0 Å². The van der Waals surface area contributed by atoms with Crippen LogP contribution in [0.4, 0.5) is 0 Å². The minimum absolute atomic E-state index is 0.0571. The molecule has 1 amide bonds. The summed E-state index contributed by atoms with van der Waals surface area (Å²) in [7, 11) is 1.81. The van der Waals surface area contributed by atoms with Crippen molar-refractivity contribution in [1.29, 1.82) is 0 Å². The molecular weight excluding hydrogens is 390 g/mol. The van der Waals surface area contributed by atoms with Gasteiger partial charge in [-0.1, -0.05) is 44.2 Å². The number of hydrogen-bond acceptors (Lipinski definition) is 4. The largest absolute Gasteiger partial charge is 0.466 e. The highest BCUT2D eigenvalue weighted by Gasteiger charge is 2.44. The number of ether oxygens (including phenoxy) is 1. The Bertz CT molecular complexity index is 891. The van der Waals surface area contributed by atoms with Crippen molar-refractivity contribution in [2.45, 2.75) is 58.8 Å². The molecule has 168 valence electrons. The van der Waals surface area contributed by atoms with Crippen LogP contribution in [0, 0.1) is 5.41 Å². The fraction of sp³-hybridized carbons (Fsp3) is 0.560. The van der Waals surface area contributed by atoms with Crippen molar-refractivity contribution in [3.63, 3.8) is 0 Å². The second-order valence-electron chi connectivity index (χ2n) is 8.90. The maximum atomic E-state index is 13.3. The number of carbonyl (C=O) groups is 2. The molecule has 0 bridgehead atoms. The monoisotopic (exact) mass is 425 g/mol. The first-order valence-electron chi connectivity index (χ1n) is 11.4. The topological polar surface area (TPSA) is 64.4 Å². The molecule has 1 saturated heterocycles.